The number of unbranched alkanes of at least 4 members (excludes halogenated alkanes) is 4. The van der Waals surface area contributed by atoms with Gasteiger partial charge in [-0.05, 0) is 173 Å². The van der Waals surface area contributed by atoms with E-state index >= 15 is 0 Å². The molecule has 21 heteroatoms. The van der Waals surface area contributed by atoms with Crippen LogP contribution >= 0.6 is 0 Å². The van der Waals surface area contributed by atoms with Crippen LogP contribution in [0.15, 0.2) is 51.4 Å². The summed E-state index contributed by atoms with van der Waals surface area (Å²) in [5.41, 5.74) is -4.47. The molecule has 0 aliphatic carbocycles. The fraction of sp³-hybridized carbons (Fsp3) is 0.655. The number of benzene rings is 2. The minimum Gasteiger partial charge on any atom is -0.492 e. The maximum Gasteiger partial charge on any atom is 0.437 e. The molecule has 1 aliphatic heterocycles. The van der Waals surface area contributed by atoms with Crippen molar-refractivity contribution < 1.29 is 61.9 Å². The molecule has 2 N–H and O–H groups in total. The summed E-state index contributed by atoms with van der Waals surface area (Å²) in [6.45, 7) is 31.8. The fourth-order valence-electron chi connectivity index (χ4n) is 6.88. The number of carbonyl (C=O) groups excluding carboxylic acids is 6. The molecule has 3 rings (SSSR count). The van der Waals surface area contributed by atoms with Gasteiger partial charge in [0.05, 0.1) is 6.54 Å². The number of amides is 6. The summed E-state index contributed by atoms with van der Waals surface area (Å²) in [5.74, 6) is 0.495. The lowest BCUT2D eigenvalue weighted by Crippen LogP contribution is -2.53. The maximum absolute atomic E-state index is 14.3. The molecular weight excluding hydrogens is 981 g/mol. The molecule has 0 unspecified atom stereocenters. The molecule has 1 heterocycles. The first-order chi connectivity index (χ1) is 34.9. The van der Waals surface area contributed by atoms with Gasteiger partial charge >= 0.3 is 36.6 Å². The average molecular weight is 1070 g/mol. The van der Waals surface area contributed by atoms with E-state index in [2.05, 4.69) is 25.6 Å². The van der Waals surface area contributed by atoms with Crippen LogP contribution in [0.2, 0.25) is 0 Å². The number of rotatable bonds is 13. The van der Waals surface area contributed by atoms with E-state index < -0.39 is 70.2 Å². The number of hydrogen-bond acceptors (Lipinski definition) is 15. The first-order valence-corrected chi connectivity index (χ1v) is 26.0. The van der Waals surface area contributed by atoms with E-state index in [-0.39, 0.29) is 38.2 Å². The van der Waals surface area contributed by atoms with Gasteiger partial charge in [-0.2, -0.15) is 0 Å². The lowest BCUT2D eigenvalue weighted by molar-refractivity contribution is 0.0257. The molecule has 0 aromatic heterocycles. The molecule has 6 amide bonds. The first kappa shape index (κ1) is 63.6. The number of amidine groups is 1. The lowest BCUT2D eigenvalue weighted by atomic mass is 10.0. The zero-order valence-electron chi connectivity index (χ0n) is 48.4. The van der Waals surface area contributed by atoms with E-state index in [0.717, 1.165) is 32.6 Å². The molecule has 0 saturated heterocycles. The highest BCUT2D eigenvalue weighted by Gasteiger charge is 2.36. The van der Waals surface area contributed by atoms with Crippen molar-refractivity contribution in [3.05, 3.63) is 42.0 Å². The van der Waals surface area contributed by atoms with E-state index in [1.165, 1.54) is 0 Å². The number of aliphatic imine (C=N–C) groups is 3. The third kappa shape index (κ3) is 24.8. The Morgan fingerprint density at radius 1 is 0.579 bits per heavy atom. The summed E-state index contributed by atoms with van der Waals surface area (Å²) in [6, 6.07) is 11.2. The quantitative estimate of drug-likeness (QED) is 0.0822. The zero-order valence-corrected chi connectivity index (χ0v) is 48.4. The van der Waals surface area contributed by atoms with Crippen LogP contribution in [-0.4, -0.2) is 142 Å². The Hall–Kier alpha value is -6.67. The van der Waals surface area contributed by atoms with Crippen LogP contribution in [0.3, 0.4) is 0 Å². The van der Waals surface area contributed by atoms with E-state index in [1.54, 1.807) is 115 Å². The van der Waals surface area contributed by atoms with E-state index in [4.69, 9.17) is 33.2 Å². The summed E-state index contributed by atoms with van der Waals surface area (Å²) >= 11 is 0. The highest BCUT2D eigenvalue weighted by molar-refractivity contribution is 6.09. The number of hydrogen-bond donors (Lipinski definition) is 2. The van der Waals surface area contributed by atoms with Gasteiger partial charge in [0.25, 0.3) is 0 Å². The normalized spacial score (nSPS) is 13.6. The van der Waals surface area contributed by atoms with Crippen molar-refractivity contribution in [1.29, 1.82) is 0 Å². The summed E-state index contributed by atoms with van der Waals surface area (Å²) in [7, 11) is 0. The summed E-state index contributed by atoms with van der Waals surface area (Å²) in [5, 5.41) is 6.64. The number of carbonyl (C=O) groups is 6. The third-order valence-electron chi connectivity index (χ3n) is 9.67. The van der Waals surface area contributed by atoms with Crippen molar-refractivity contribution in [2.75, 3.05) is 39.3 Å². The van der Waals surface area contributed by atoms with Crippen LogP contribution in [0.1, 0.15) is 169 Å². The zero-order chi connectivity index (χ0) is 57.5. The number of nitrogens with zero attached hydrogens (tertiary/aromatic N) is 6. The monoisotopic (exact) mass is 1070 g/mol. The molecule has 0 radical (unpaired) electrons. The van der Waals surface area contributed by atoms with Crippen LogP contribution in [0.25, 0.3) is 10.8 Å². The molecule has 0 spiro atoms. The van der Waals surface area contributed by atoms with Crippen LogP contribution < -0.4 is 15.4 Å². The molecule has 424 valence electrons. The van der Waals surface area contributed by atoms with Crippen LogP contribution in [0, 0.1) is 0 Å². The van der Waals surface area contributed by atoms with Crippen molar-refractivity contribution in [3.8, 4) is 5.75 Å². The number of guanidine groups is 2. The predicted molar refractivity (Wildman–Crippen MR) is 292 cm³/mol. The Morgan fingerprint density at radius 3 is 1.61 bits per heavy atom. The highest BCUT2D eigenvalue weighted by Crippen LogP contribution is 2.26. The van der Waals surface area contributed by atoms with Gasteiger partial charge in [-0.3, -0.25) is 25.5 Å². The summed E-state index contributed by atoms with van der Waals surface area (Å²) in [6.07, 6.45) is -1.33. The number of nitrogens with one attached hydrogen (secondary N) is 2. The topological polar surface area (TPSA) is 238 Å². The minimum atomic E-state index is -1.06. The molecule has 0 saturated carbocycles. The van der Waals surface area contributed by atoms with Gasteiger partial charge in [-0.25, -0.2) is 38.6 Å². The van der Waals surface area contributed by atoms with E-state index in [9.17, 15) is 28.8 Å². The number of alkyl carbamates (subject to hydrolysis) is 2. The second-order valence-electron chi connectivity index (χ2n) is 24.2. The Kier molecular flexibility index (Phi) is 22.5. The van der Waals surface area contributed by atoms with Gasteiger partial charge in [-0.1, -0.05) is 37.5 Å². The fourth-order valence-corrected chi connectivity index (χ4v) is 6.88. The summed E-state index contributed by atoms with van der Waals surface area (Å²) in [4.78, 5) is 97.5. The van der Waals surface area contributed by atoms with Crippen molar-refractivity contribution >= 4 is 65.1 Å². The minimum absolute atomic E-state index is 0.0345. The molecule has 2 aromatic carbocycles. The van der Waals surface area contributed by atoms with Crippen LogP contribution in [0.5, 0.6) is 5.75 Å². The van der Waals surface area contributed by atoms with Gasteiger partial charge in [0.2, 0.25) is 11.9 Å². The predicted octanol–water partition coefficient (Wildman–Crippen LogP) is 11.7. The molecule has 21 nitrogen and oxygen atoms in total. The number of ether oxygens (including phenoxy) is 7. The Balaban J connectivity index is 1.89. The van der Waals surface area contributed by atoms with Crippen molar-refractivity contribution in [2.24, 2.45) is 15.0 Å². The van der Waals surface area contributed by atoms with Crippen molar-refractivity contribution in [3.63, 3.8) is 0 Å². The Bertz CT molecular complexity index is 2400. The summed E-state index contributed by atoms with van der Waals surface area (Å²) < 4.78 is 39.9. The van der Waals surface area contributed by atoms with E-state index in [0.29, 0.717) is 56.8 Å². The molecule has 1 aliphatic rings. The average Bonchev–Trinajstić information content (AvgIpc) is 3.22. The standard InChI is InChI=1S/C55H86N8O13/c1-50(2,3)71-44(64)58-42(59-45(65)72-51(4,5)6)57-29-22-20-19-21-23-31-62(48(68)75-54(13,14)15)43(60-46(66)73-52(7,8)9)63(49(69)76-55(16,17)18)33-34-70-40-28-27-37-35-39(26-25-38(37)36-40)41-56-30-24-32-61(41)47(67)74-53(10,11)12/h25-28,35-36H,19-24,29-34H2,1-18H3,(H2,57,58,59,64,65). The SMILES string of the molecule is CC(C)(C)OC(=O)N=C(N(CCCCCCCN=C(NC(=O)OC(C)(C)C)NC(=O)OC(C)(C)C)C(=O)OC(C)(C)C)N(CCOc1ccc2cc(C3=NCCCN3C(=O)OC(C)(C)C)ccc2c1)C(=O)OC(C)(C)C. The van der Waals surface area contributed by atoms with Crippen LogP contribution in [0.4, 0.5) is 28.8 Å². The second kappa shape index (κ2) is 26.9. The largest absolute Gasteiger partial charge is 0.492 e. The van der Waals surface area contributed by atoms with Gasteiger partial charge in [-0.15, -0.1) is 4.99 Å². The highest BCUT2D eigenvalue weighted by atomic mass is 16.6. The van der Waals surface area contributed by atoms with Gasteiger partial charge in [0.15, 0.2) is 0 Å². The van der Waals surface area contributed by atoms with E-state index in [1.807, 2.05) is 51.1 Å². The molecule has 0 fully saturated rings. The molecule has 2 aromatic rings. The van der Waals surface area contributed by atoms with Crippen molar-refractivity contribution in [1.82, 2.24) is 25.3 Å². The van der Waals surface area contributed by atoms with Gasteiger partial charge < -0.3 is 33.2 Å². The molecule has 76 heavy (non-hydrogen) atoms. The molecule has 0 atom stereocenters. The molecular formula is C55H86N8O13. The lowest BCUT2D eigenvalue weighted by Gasteiger charge is -2.34. The van der Waals surface area contributed by atoms with Crippen molar-refractivity contribution in [2.45, 2.75) is 197 Å². The smallest absolute Gasteiger partial charge is 0.437 e. The Morgan fingerprint density at radius 2 is 1.07 bits per heavy atom. The first-order valence-electron chi connectivity index (χ1n) is 26.0. The maximum atomic E-state index is 14.3. The molecule has 0 bridgehead atoms. The third-order valence-corrected chi connectivity index (χ3v) is 9.67. The second-order valence-corrected chi connectivity index (χ2v) is 24.2. The Labute approximate surface area is 449 Å². The van der Waals surface area contributed by atoms with Gasteiger partial charge in [0.1, 0.15) is 51.8 Å². The van der Waals surface area contributed by atoms with Crippen LogP contribution in [-0.2, 0) is 28.4 Å². The van der Waals surface area contributed by atoms with Gasteiger partial charge in [0, 0.05) is 31.7 Å². The number of fused-ring (bicyclic) bond motifs is 1.